The van der Waals surface area contributed by atoms with Gasteiger partial charge in [-0.05, 0) is 58.7 Å². The van der Waals surface area contributed by atoms with E-state index in [4.69, 9.17) is 0 Å². The largest absolute Gasteiger partial charge is 0.394 e. The van der Waals surface area contributed by atoms with Crippen LogP contribution in [0.25, 0.3) is 0 Å². The number of likely N-dealkylation sites (tertiary alicyclic amines) is 1. The molecule has 2 rings (SSSR count). The molecule has 0 aromatic heterocycles. The molecule has 5 heteroatoms. The van der Waals surface area contributed by atoms with Gasteiger partial charge in [0.1, 0.15) is 0 Å². The van der Waals surface area contributed by atoms with Crippen molar-refractivity contribution in [2.24, 2.45) is 5.92 Å². The van der Waals surface area contributed by atoms with Crippen LogP contribution in [0.5, 0.6) is 0 Å². The van der Waals surface area contributed by atoms with E-state index in [0.29, 0.717) is 5.92 Å². The van der Waals surface area contributed by atoms with Crippen LogP contribution in [0.2, 0.25) is 0 Å². The molecular formula is C13H25N3O2. The van der Waals surface area contributed by atoms with E-state index in [2.05, 4.69) is 22.6 Å². The highest BCUT2D eigenvalue weighted by Crippen LogP contribution is 2.39. The predicted octanol–water partition coefficient (Wildman–Crippen LogP) is 0.541. The van der Waals surface area contributed by atoms with E-state index in [1.54, 1.807) is 0 Å². The van der Waals surface area contributed by atoms with Gasteiger partial charge in [-0.25, -0.2) is 4.79 Å². The van der Waals surface area contributed by atoms with Crippen LogP contribution >= 0.6 is 0 Å². The maximum Gasteiger partial charge on any atom is 0.315 e. The highest BCUT2D eigenvalue weighted by molar-refractivity contribution is 5.75. The number of carbonyl (C=O) groups is 1. The van der Waals surface area contributed by atoms with Crippen LogP contribution in [0.1, 0.15) is 32.6 Å². The van der Waals surface area contributed by atoms with Gasteiger partial charge in [-0.3, -0.25) is 0 Å². The first-order valence-electron chi connectivity index (χ1n) is 6.91. The topological polar surface area (TPSA) is 64.6 Å². The Hall–Kier alpha value is -0.810. The molecule has 2 amide bonds. The number of urea groups is 1. The molecular weight excluding hydrogens is 230 g/mol. The normalized spacial score (nSPS) is 25.5. The van der Waals surface area contributed by atoms with Crippen molar-refractivity contribution in [3.8, 4) is 0 Å². The summed E-state index contributed by atoms with van der Waals surface area (Å²) in [6.07, 6.45) is 4.21. The van der Waals surface area contributed by atoms with Crippen molar-refractivity contribution in [2.75, 3.05) is 26.7 Å². The lowest BCUT2D eigenvalue weighted by Crippen LogP contribution is -2.56. The Labute approximate surface area is 109 Å². The molecule has 1 aliphatic heterocycles. The van der Waals surface area contributed by atoms with Gasteiger partial charge >= 0.3 is 6.03 Å². The van der Waals surface area contributed by atoms with Crippen molar-refractivity contribution in [1.82, 2.24) is 15.5 Å². The summed E-state index contributed by atoms with van der Waals surface area (Å²) in [5.41, 5.74) is -0.449. The summed E-state index contributed by atoms with van der Waals surface area (Å²) in [5.74, 6) is 0.436. The quantitative estimate of drug-likeness (QED) is 0.687. The number of aliphatic hydroxyl groups is 1. The van der Waals surface area contributed by atoms with Crippen LogP contribution in [-0.4, -0.2) is 54.4 Å². The summed E-state index contributed by atoms with van der Waals surface area (Å²) in [5, 5.41) is 15.4. The summed E-state index contributed by atoms with van der Waals surface area (Å²) < 4.78 is 0. The summed E-state index contributed by atoms with van der Waals surface area (Å²) in [7, 11) is 2.10. The number of nitrogens with one attached hydrogen (secondary N) is 2. The van der Waals surface area contributed by atoms with E-state index >= 15 is 0 Å². The van der Waals surface area contributed by atoms with Crippen LogP contribution in [0.15, 0.2) is 0 Å². The average Bonchev–Trinajstić information content (AvgIpc) is 3.16. The van der Waals surface area contributed by atoms with Gasteiger partial charge < -0.3 is 20.6 Å². The Balaban J connectivity index is 1.77. The molecule has 2 aliphatic rings. The van der Waals surface area contributed by atoms with Gasteiger partial charge in [-0.2, -0.15) is 0 Å². The molecule has 0 aromatic rings. The molecule has 2 fully saturated rings. The van der Waals surface area contributed by atoms with Gasteiger partial charge in [-0.15, -0.1) is 0 Å². The first-order valence-corrected chi connectivity index (χ1v) is 6.91. The van der Waals surface area contributed by atoms with Crippen molar-refractivity contribution in [2.45, 2.75) is 44.2 Å². The number of aliphatic hydroxyl groups excluding tert-OH is 1. The maximum absolute atomic E-state index is 12.0. The molecule has 5 nitrogen and oxygen atoms in total. The molecule has 1 unspecified atom stereocenters. The molecule has 104 valence electrons. The Kier molecular flexibility index (Phi) is 4.12. The molecule has 3 N–H and O–H groups in total. The predicted molar refractivity (Wildman–Crippen MR) is 70.4 cm³/mol. The Morgan fingerprint density at radius 3 is 2.44 bits per heavy atom. The first-order chi connectivity index (χ1) is 8.53. The van der Waals surface area contributed by atoms with Crippen LogP contribution in [0.4, 0.5) is 4.79 Å². The Bertz CT molecular complexity index is 299. The standard InChI is InChI=1S/C13H25N3O2/c1-13(9-17,10-3-4-10)15-12(18)14-11-5-7-16(2)8-6-11/h10-11,17H,3-9H2,1-2H3,(H2,14,15,18). The minimum absolute atomic E-state index is 0.0124. The highest BCUT2D eigenvalue weighted by Gasteiger charge is 2.42. The lowest BCUT2D eigenvalue weighted by atomic mass is 9.97. The number of carbonyl (C=O) groups excluding carboxylic acids is 1. The molecule has 1 heterocycles. The van der Waals surface area contributed by atoms with Crippen LogP contribution in [0.3, 0.4) is 0 Å². The smallest absolute Gasteiger partial charge is 0.315 e. The van der Waals surface area contributed by atoms with E-state index in [9.17, 15) is 9.90 Å². The zero-order valence-electron chi connectivity index (χ0n) is 11.4. The number of hydrogen-bond donors (Lipinski definition) is 3. The SMILES string of the molecule is CN1CCC(NC(=O)NC(C)(CO)C2CC2)CC1. The molecule has 1 aliphatic carbocycles. The molecule has 0 bridgehead atoms. The second-order valence-electron chi connectivity index (χ2n) is 6.03. The van der Waals surface area contributed by atoms with Gasteiger partial charge in [0.15, 0.2) is 0 Å². The Morgan fingerprint density at radius 1 is 1.33 bits per heavy atom. The number of nitrogens with zero attached hydrogens (tertiary/aromatic N) is 1. The molecule has 0 spiro atoms. The van der Waals surface area contributed by atoms with Gasteiger partial charge in [0, 0.05) is 6.04 Å². The maximum atomic E-state index is 12.0. The monoisotopic (exact) mass is 255 g/mol. The molecule has 1 atom stereocenters. The summed E-state index contributed by atoms with van der Waals surface area (Å²) in [4.78, 5) is 14.2. The van der Waals surface area contributed by atoms with E-state index in [1.807, 2.05) is 6.92 Å². The third kappa shape index (κ3) is 3.36. The van der Waals surface area contributed by atoms with E-state index in [0.717, 1.165) is 38.8 Å². The lowest BCUT2D eigenvalue weighted by molar-refractivity contribution is 0.151. The summed E-state index contributed by atoms with van der Waals surface area (Å²) >= 11 is 0. The van der Waals surface area contributed by atoms with Gasteiger partial charge in [0.05, 0.1) is 12.1 Å². The van der Waals surface area contributed by atoms with E-state index in [1.165, 1.54) is 0 Å². The number of piperidine rings is 1. The highest BCUT2D eigenvalue weighted by atomic mass is 16.3. The third-order valence-electron chi connectivity index (χ3n) is 4.26. The van der Waals surface area contributed by atoms with Crippen LogP contribution < -0.4 is 10.6 Å². The van der Waals surface area contributed by atoms with Crippen LogP contribution in [0, 0.1) is 5.92 Å². The zero-order valence-corrected chi connectivity index (χ0v) is 11.4. The van der Waals surface area contributed by atoms with Crippen molar-refractivity contribution in [1.29, 1.82) is 0 Å². The number of amides is 2. The van der Waals surface area contributed by atoms with Crippen molar-refractivity contribution < 1.29 is 9.90 Å². The van der Waals surface area contributed by atoms with E-state index < -0.39 is 5.54 Å². The van der Waals surface area contributed by atoms with Crippen molar-refractivity contribution >= 4 is 6.03 Å². The number of rotatable bonds is 4. The minimum Gasteiger partial charge on any atom is -0.394 e. The lowest BCUT2D eigenvalue weighted by Gasteiger charge is -2.32. The van der Waals surface area contributed by atoms with Crippen LogP contribution in [-0.2, 0) is 0 Å². The fourth-order valence-electron chi connectivity index (χ4n) is 2.62. The zero-order chi connectivity index (χ0) is 13.2. The number of hydrogen-bond acceptors (Lipinski definition) is 3. The fraction of sp³-hybridized carbons (Fsp3) is 0.923. The first kappa shape index (κ1) is 13.6. The fourth-order valence-corrected chi connectivity index (χ4v) is 2.62. The third-order valence-corrected chi connectivity index (χ3v) is 4.26. The van der Waals surface area contributed by atoms with Gasteiger partial charge in [-0.1, -0.05) is 0 Å². The average molecular weight is 255 g/mol. The molecule has 1 saturated heterocycles. The summed E-state index contributed by atoms with van der Waals surface area (Å²) in [6.45, 7) is 4.01. The Morgan fingerprint density at radius 2 is 1.94 bits per heavy atom. The molecule has 0 aromatic carbocycles. The molecule has 1 saturated carbocycles. The minimum atomic E-state index is -0.449. The molecule has 0 radical (unpaired) electrons. The summed E-state index contributed by atoms with van der Waals surface area (Å²) in [6, 6.07) is 0.136. The van der Waals surface area contributed by atoms with Crippen molar-refractivity contribution in [3.05, 3.63) is 0 Å². The second-order valence-corrected chi connectivity index (χ2v) is 6.03. The van der Waals surface area contributed by atoms with Gasteiger partial charge in [0.2, 0.25) is 0 Å². The van der Waals surface area contributed by atoms with E-state index in [-0.39, 0.29) is 18.7 Å². The second kappa shape index (κ2) is 5.45. The van der Waals surface area contributed by atoms with Gasteiger partial charge in [0.25, 0.3) is 0 Å². The molecule has 18 heavy (non-hydrogen) atoms. The van der Waals surface area contributed by atoms with Crippen molar-refractivity contribution in [3.63, 3.8) is 0 Å².